The number of aromatic nitrogens is 2. The Morgan fingerprint density at radius 1 is 1.10 bits per heavy atom. The highest BCUT2D eigenvalue weighted by atomic mass is 19.3. The lowest BCUT2D eigenvalue weighted by Crippen LogP contribution is -2.37. The van der Waals surface area contributed by atoms with Crippen molar-refractivity contribution in [2.45, 2.75) is 26.6 Å². The lowest BCUT2D eigenvalue weighted by molar-refractivity contribution is -0.0504. The van der Waals surface area contributed by atoms with Gasteiger partial charge in [-0.1, -0.05) is 48.5 Å². The smallest absolute Gasteiger partial charge is 0.387 e. The first kappa shape index (κ1) is 20.3. The number of alkyl halides is 2. The van der Waals surface area contributed by atoms with Gasteiger partial charge in [0.1, 0.15) is 11.6 Å². The number of aromatic amines is 1. The fourth-order valence-corrected chi connectivity index (χ4v) is 2.74. The van der Waals surface area contributed by atoms with E-state index in [-0.39, 0.29) is 12.3 Å². The van der Waals surface area contributed by atoms with Crippen LogP contribution in [0.3, 0.4) is 0 Å². The van der Waals surface area contributed by atoms with Gasteiger partial charge in [0.05, 0.1) is 25.0 Å². The third kappa shape index (κ3) is 6.03. The summed E-state index contributed by atoms with van der Waals surface area (Å²) in [5.41, 5.74) is 2.57. The van der Waals surface area contributed by atoms with Crippen LogP contribution >= 0.6 is 0 Å². The molecule has 0 saturated carbocycles. The van der Waals surface area contributed by atoms with Crippen LogP contribution in [0.25, 0.3) is 11.3 Å². The number of hydrogen-bond donors (Lipinski definition) is 3. The molecule has 0 spiro atoms. The van der Waals surface area contributed by atoms with Crippen LogP contribution in [-0.4, -0.2) is 29.1 Å². The predicted octanol–water partition coefficient (Wildman–Crippen LogP) is 3.93. The molecular formula is C21H23F2N5O. The van der Waals surface area contributed by atoms with Gasteiger partial charge in [-0.05, 0) is 18.6 Å². The third-order valence-corrected chi connectivity index (χ3v) is 4.08. The summed E-state index contributed by atoms with van der Waals surface area (Å²) in [6, 6.07) is 16.6. The molecule has 29 heavy (non-hydrogen) atoms. The van der Waals surface area contributed by atoms with Gasteiger partial charge in [0, 0.05) is 12.1 Å². The van der Waals surface area contributed by atoms with Crippen molar-refractivity contribution in [2.24, 2.45) is 4.99 Å². The molecule has 3 aromatic rings. The molecule has 6 nitrogen and oxygen atoms in total. The molecule has 3 N–H and O–H groups in total. The maximum absolute atomic E-state index is 12.6. The van der Waals surface area contributed by atoms with E-state index in [4.69, 9.17) is 0 Å². The Labute approximate surface area is 168 Å². The highest BCUT2D eigenvalue weighted by Gasteiger charge is 2.09. The molecule has 1 aromatic heterocycles. The van der Waals surface area contributed by atoms with Crippen molar-refractivity contribution in [1.82, 2.24) is 20.6 Å². The van der Waals surface area contributed by atoms with E-state index >= 15 is 0 Å². The Bertz CT molecular complexity index is 928. The number of hydrogen-bond acceptors (Lipinski definition) is 3. The minimum Gasteiger partial charge on any atom is -0.434 e. The summed E-state index contributed by atoms with van der Waals surface area (Å²) in [6.07, 6.45) is 1.79. The molecule has 0 bridgehead atoms. The number of halogens is 2. The maximum atomic E-state index is 12.6. The van der Waals surface area contributed by atoms with Crippen LogP contribution in [0.1, 0.15) is 18.3 Å². The van der Waals surface area contributed by atoms with Gasteiger partial charge >= 0.3 is 6.61 Å². The molecule has 2 aromatic carbocycles. The van der Waals surface area contributed by atoms with Crippen molar-refractivity contribution in [3.63, 3.8) is 0 Å². The second kappa shape index (κ2) is 10.2. The first-order valence-corrected chi connectivity index (χ1v) is 9.30. The standard InChI is InChI=1S/C21H23F2N5O/c1-2-24-21(26-12-16-10-6-7-11-18(16)29-20(22)23)27-14-19-25-13-17(28-19)15-8-4-3-5-9-15/h3-11,13,20H,2,12,14H2,1H3,(H,25,28)(H2,24,26,27). The number of rotatable bonds is 8. The van der Waals surface area contributed by atoms with Gasteiger partial charge in [-0.15, -0.1) is 0 Å². The number of guanidine groups is 1. The van der Waals surface area contributed by atoms with Gasteiger partial charge in [0.25, 0.3) is 0 Å². The van der Waals surface area contributed by atoms with Gasteiger partial charge in [-0.3, -0.25) is 0 Å². The molecule has 0 aliphatic heterocycles. The molecule has 0 atom stereocenters. The fourth-order valence-electron chi connectivity index (χ4n) is 2.74. The number of nitrogens with one attached hydrogen (secondary N) is 3. The summed E-state index contributed by atoms with van der Waals surface area (Å²) in [4.78, 5) is 12.1. The predicted molar refractivity (Wildman–Crippen MR) is 109 cm³/mol. The molecule has 0 fully saturated rings. The molecule has 0 saturated heterocycles. The van der Waals surface area contributed by atoms with Crippen LogP contribution in [0.5, 0.6) is 5.75 Å². The van der Waals surface area contributed by atoms with Gasteiger partial charge in [-0.25, -0.2) is 9.98 Å². The summed E-state index contributed by atoms with van der Waals surface area (Å²) in [5.74, 6) is 1.44. The molecule has 152 valence electrons. The van der Waals surface area contributed by atoms with Crippen molar-refractivity contribution in [1.29, 1.82) is 0 Å². The van der Waals surface area contributed by atoms with E-state index in [9.17, 15) is 8.78 Å². The summed E-state index contributed by atoms with van der Waals surface area (Å²) in [7, 11) is 0. The molecule has 0 amide bonds. The van der Waals surface area contributed by atoms with Gasteiger partial charge in [-0.2, -0.15) is 8.78 Å². The Kier molecular flexibility index (Phi) is 7.16. The van der Waals surface area contributed by atoms with Crippen LogP contribution in [0.15, 0.2) is 65.8 Å². The highest BCUT2D eigenvalue weighted by Crippen LogP contribution is 2.21. The topological polar surface area (TPSA) is 74.3 Å². The normalized spacial score (nSPS) is 11.5. The third-order valence-electron chi connectivity index (χ3n) is 4.08. The van der Waals surface area contributed by atoms with Crippen LogP contribution in [-0.2, 0) is 13.1 Å². The SMILES string of the molecule is CCNC(=NCc1ccccc1OC(F)F)NCc1ncc(-c2ccccc2)[nH]1. The molecule has 3 rings (SSSR count). The average Bonchev–Trinajstić information content (AvgIpc) is 3.20. The first-order chi connectivity index (χ1) is 14.2. The molecule has 1 heterocycles. The van der Waals surface area contributed by atoms with Crippen molar-refractivity contribution in [2.75, 3.05) is 6.54 Å². The number of benzene rings is 2. The molecule has 8 heteroatoms. The zero-order valence-corrected chi connectivity index (χ0v) is 16.0. The van der Waals surface area contributed by atoms with Gasteiger partial charge < -0.3 is 20.4 Å². The number of imidazole rings is 1. The lowest BCUT2D eigenvalue weighted by atomic mass is 10.2. The van der Waals surface area contributed by atoms with Crippen molar-refractivity contribution in [3.05, 3.63) is 72.2 Å². The van der Waals surface area contributed by atoms with Gasteiger partial charge in [0.2, 0.25) is 0 Å². The number of H-pyrrole nitrogens is 1. The quantitative estimate of drug-likeness (QED) is 0.396. The first-order valence-electron chi connectivity index (χ1n) is 9.30. The molecular weight excluding hydrogens is 376 g/mol. The van der Waals surface area contributed by atoms with E-state index in [2.05, 4.69) is 30.3 Å². The molecule has 0 aliphatic carbocycles. The van der Waals surface area contributed by atoms with Crippen molar-refractivity contribution >= 4 is 5.96 Å². The van der Waals surface area contributed by atoms with E-state index in [0.717, 1.165) is 17.1 Å². The summed E-state index contributed by atoms with van der Waals surface area (Å²) >= 11 is 0. The number of para-hydroxylation sites is 1. The Morgan fingerprint density at radius 2 is 1.86 bits per heavy atom. The maximum Gasteiger partial charge on any atom is 0.387 e. The highest BCUT2D eigenvalue weighted by molar-refractivity contribution is 5.79. The van der Waals surface area contributed by atoms with Crippen molar-refractivity contribution in [3.8, 4) is 17.0 Å². The zero-order valence-electron chi connectivity index (χ0n) is 16.0. The molecule has 0 aliphatic rings. The largest absolute Gasteiger partial charge is 0.434 e. The summed E-state index contributed by atoms with van der Waals surface area (Å²) in [6.45, 7) is 0.378. The Morgan fingerprint density at radius 3 is 2.62 bits per heavy atom. The van der Waals surface area contributed by atoms with Gasteiger partial charge in [0.15, 0.2) is 5.96 Å². The zero-order chi connectivity index (χ0) is 20.5. The van der Waals surface area contributed by atoms with E-state index in [0.29, 0.717) is 24.6 Å². The van der Waals surface area contributed by atoms with E-state index in [1.165, 1.54) is 6.07 Å². The van der Waals surface area contributed by atoms with E-state index < -0.39 is 6.61 Å². The second-order valence-electron chi connectivity index (χ2n) is 6.14. The average molecular weight is 399 g/mol. The minimum absolute atomic E-state index is 0.126. The Hall–Kier alpha value is -3.42. The Balaban J connectivity index is 1.64. The summed E-state index contributed by atoms with van der Waals surface area (Å²) < 4.78 is 29.7. The number of ether oxygens (including phenoxy) is 1. The van der Waals surface area contributed by atoms with Crippen LogP contribution in [0, 0.1) is 0 Å². The molecule has 0 radical (unpaired) electrons. The minimum atomic E-state index is -2.87. The number of nitrogens with zero attached hydrogens (tertiary/aromatic N) is 2. The van der Waals surface area contributed by atoms with Crippen molar-refractivity contribution < 1.29 is 13.5 Å². The van der Waals surface area contributed by atoms with Crippen LogP contribution < -0.4 is 15.4 Å². The van der Waals surface area contributed by atoms with E-state index in [1.807, 2.05) is 37.3 Å². The molecule has 0 unspecified atom stereocenters. The van der Waals surface area contributed by atoms with Crippen LogP contribution in [0.2, 0.25) is 0 Å². The fraction of sp³-hybridized carbons (Fsp3) is 0.238. The second-order valence-corrected chi connectivity index (χ2v) is 6.14. The summed E-state index contributed by atoms with van der Waals surface area (Å²) in [5, 5.41) is 6.32. The van der Waals surface area contributed by atoms with E-state index in [1.54, 1.807) is 24.4 Å². The lowest BCUT2D eigenvalue weighted by Gasteiger charge is -2.12. The number of aliphatic imine (C=N–C) groups is 1. The monoisotopic (exact) mass is 399 g/mol. The van der Waals surface area contributed by atoms with Crippen LogP contribution in [0.4, 0.5) is 8.78 Å².